The molecule has 0 saturated carbocycles. The van der Waals surface area contributed by atoms with E-state index >= 15 is 0 Å². The summed E-state index contributed by atoms with van der Waals surface area (Å²) in [5.74, 6) is 0.823. The molecule has 118 valence electrons. The van der Waals surface area contributed by atoms with Gasteiger partial charge < -0.3 is 15.8 Å². The summed E-state index contributed by atoms with van der Waals surface area (Å²) in [5.41, 5.74) is 7.77. The van der Waals surface area contributed by atoms with Gasteiger partial charge in [0.05, 0.1) is 5.56 Å². The molecule has 2 heterocycles. The molecule has 0 radical (unpaired) electrons. The lowest BCUT2D eigenvalue weighted by atomic mass is 10.0. The largest absolute Gasteiger partial charge is 0.486 e. The first-order valence-corrected chi connectivity index (χ1v) is 7.45. The van der Waals surface area contributed by atoms with Crippen LogP contribution in [0.5, 0.6) is 5.75 Å². The average molecular weight is 312 g/mol. The van der Waals surface area contributed by atoms with Crippen LogP contribution < -0.4 is 15.8 Å². The monoisotopic (exact) mass is 312 g/mol. The number of alkyl halides is 1. The molecule has 3 N–H and O–H groups in total. The second kappa shape index (κ2) is 6.63. The molecule has 1 aliphatic heterocycles. The number of nitrogen functional groups attached to an aromatic ring is 1. The average Bonchev–Trinajstić information content (AvgIpc) is 2.57. The zero-order chi connectivity index (χ0) is 16.2. The van der Waals surface area contributed by atoms with Crippen molar-refractivity contribution in [3.63, 3.8) is 0 Å². The number of anilines is 1. The fraction of sp³-hybridized carbons (Fsp3) is 0.294. The van der Waals surface area contributed by atoms with Gasteiger partial charge in [0.1, 0.15) is 29.9 Å². The highest BCUT2D eigenvalue weighted by molar-refractivity contribution is 5.68. The number of nitrogens with one attached hydrogen (secondary N) is 1. The zero-order valence-corrected chi connectivity index (χ0v) is 12.5. The molecular formula is C17H17FN4O. The fourth-order valence-corrected chi connectivity index (χ4v) is 2.62. The molecule has 2 aromatic rings. The van der Waals surface area contributed by atoms with Gasteiger partial charge in [-0.1, -0.05) is 6.07 Å². The van der Waals surface area contributed by atoms with E-state index < -0.39 is 12.3 Å². The molecule has 1 aromatic heterocycles. The summed E-state index contributed by atoms with van der Waals surface area (Å²) in [6.07, 6.45) is 0.596. The van der Waals surface area contributed by atoms with Crippen molar-refractivity contribution in [2.24, 2.45) is 0 Å². The quantitative estimate of drug-likeness (QED) is 0.908. The van der Waals surface area contributed by atoms with Crippen LogP contribution in [0.25, 0.3) is 11.1 Å². The Morgan fingerprint density at radius 1 is 1.30 bits per heavy atom. The van der Waals surface area contributed by atoms with Crippen molar-refractivity contribution in [2.45, 2.75) is 18.7 Å². The van der Waals surface area contributed by atoms with E-state index in [4.69, 9.17) is 10.5 Å². The highest BCUT2D eigenvalue weighted by atomic mass is 19.1. The molecular weight excluding hydrogens is 295 g/mol. The van der Waals surface area contributed by atoms with E-state index in [9.17, 15) is 9.65 Å². The van der Waals surface area contributed by atoms with E-state index in [1.54, 1.807) is 24.4 Å². The molecule has 2 atom stereocenters. The molecule has 1 saturated heterocycles. The van der Waals surface area contributed by atoms with Gasteiger partial charge in [-0.05, 0) is 48.4 Å². The number of nitriles is 1. The SMILES string of the molecule is N#Cc1cc(-c2ccnc(N)c2)ccc1O[C@H]1CCNC[C@H]1F. The van der Waals surface area contributed by atoms with Crippen LogP contribution in [0.2, 0.25) is 0 Å². The summed E-state index contributed by atoms with van der Waals surface area (Å²) in [6, 6.07) is 10.9. The first-order valence-electron chi connectivity index (χ1n) is 7.45. The van der Waals surface area contributed by atoms with Gasteiger partial charge in [0.2, 0.25) is 0 Å². The molecule has 1 aromatic carbocycles. The van der Waals surface area contributed by atoms with Gasteiger partial charge in [-0.2, -0.15) is 5.26 Å². The third kappa shape index (κ3) is 3.41. The minimum atomic E-state index is -1.07. The number of pyridine rings is 1. The van der Waals surface area contributed by atoms with Gasteiger partial charge in [0.15, 0.2) is 0 Å². The second-order valence-electron chi connectivity index (χ2n) is 5.46. The molecule has 6 heteroatoms. The Hall–Kier alpha value is -2.65. The van der Waals surface area contributed by atoms with Crippen molar-refractivity contribution in [2.75, 3.05) is 18.8 Å². The maximum atomic E-state index is 13.9. The topological polar surface area (TPSA) is 84.0 Å². The minimum absolute atomic E-state index is 0.279. The predicted molar refractivity (Wildman–Crippen MR) is 85.6 cm³/mol. The van der Waals surface area contributed by atoms with Gasteiger partial charge in [-0.15, -0.1) is 0 Å². The Labute approximate surface area is 133 Å². The normalized spacial score (nSPS) is 20.7. The van der Waals surface area contributed by atoms with Gasteiger partial charge in [0.25, 0.3) is 0 Å². The molecule has 3 rings (SSSR count). The molecule has 1 aliphatic rings. The van der Waals surface area contributed by atoms with E-state index in [1.165, 1.54) is 0 Å². The Balaban J connectivity index is 1.87. The molecule has 0 aliphatic carbocycles. The van der Waals surface area contributed by atoms with Crippen molar-refractivity contribution >= 4 is 5.82 Å². The summed E-state index contributed by atoms with van der Waals surface area (Å²) in [6.45, 7) is 0.988. The van der Waals surface area contributed by atoms with Crippen LogP contribution >= 0.6 is 0 Å². The van der Waals surface area contributed by atoms with Crippen LogP contribution in [0.4, 0.5) is 10.2 Å². The second-order valence-corrected chi connectivity index (χ2v) is 5.46. The van der Waals surface area contributed by atoms with Crippen LogP contribution in [-0.2, 0) is 0 Å². The van der Waals surface area contributed by atoms with Crippen LogP contribution in [0.1, 0.15) is 12.0 Å². The molecule has 23 heavy (non-hydrogen) atoms. The summed E-state index contributed by atoms with van der Waals surface area (Å²) >= 11 is 0. The minimum Gasteiger partial charge on any atom is -0.486 e. The van der Waals surface area contributed by atoms with Crippen LogP contribution in [0.15, 0.2) is 36.5 Å². The van der Waals surface area contributed by atoms with Gasteiger partial charge in [0, 0.05) is 12.7 Å². The molecule has 0 amide bonds. The Kier molecular flexibility index (Phi) is 4.40. The van der Waals surface area contributed by atoms with Gasteiger partial charge in [-0.25, -0.2) is 9.37 Å². The number of hydrogen-bond acceptors (Lipinski definition) is 5. The number of nitrogens with two attached hydrogens (primary N) is 1. The van der Waals surface area contributed by atoms with Crippen LogP contribution in [0, 0.1) is 11.3 Å². The van der Waals surface area contributed by atoms with E-state index in [-0.39, 0.29) is 6.54 Å². The van der Waals surface area contributed by atoms with E-state index in [0.717, 1.165) is 11.1 Å². The van der Waals surface area contributed by atoms with Gasteiger partial charge in [-0.3, -0.25) is 0 Å². The highest BCUT2D eigenvalue weighted by Gasteiger charge is 2.27. The third-order valence-corrected chi connectivity index (χ3v) is 3.84. The Bertz CT molecular complexity index is 744. The number of piperidine rings is 1. The first-order chi connectivity index (χ1) is 11.2. The van der Waals surface area contributed by atoms with E-state index in [1.807, 2.05) is 12.1 Å². The van der Waals surface area contributed by atoms with Crippen molar-refractivity contribution < 1.29 is 9.13 Å². The van der Waals surface area contributed by atoms with E-state index in [0.29, 0.717) is 30.1 Å². The number of benzene rings is 1. The molecule has 5 nitrogen and oxygen atoms in total. The standard InChI is InChI=1S/C17H17FN4O/c18-14-10-21-5-4-16(14)23-15-2-1-11(7-13(15)9-19)12-3-6-22-17(20)8-12/h1-3,6-8,14,16,21H,4-5,10H2,(H2,20,22)/t14-,16+/m1/s1. The summed E-state index contributed by atoms with van der Waals surface area (Å²) < 4.78 is 19.6. The number of aromatic nitrogens is 1. The number of ether oxygens (including phenoxy) is 1. The number of halogens is 1. The molecule has 1 fully saturated rings. The Morgan fingerprint density at radius 3 is 2.87 bits per heavy atom. The zero-order valence-electron chi connectivity index (χ0n) is 12.5. The summed E-state index contributed by atoms with van der Waals surface area (Å²) in [4.78, 5) is 3.95. The van der Waals surface area contributed by atoms with Crippen LogP contribution in [0.3, 0.4) is 0 Å². The van der Waals surface area contributed by atoms with Crippen molar-refractivity contribution in [3.8, 4) is 22.9 Å². The number of rotatable bonds is 3. The lowest BCUT2D eigenvalue weighted by molar-refractivity contribution is 0.0729. The molecule has 0 bridgehead atoms. The maximum Gasteiger partial charge on any atom is 0.149 e. The summed E-state index contributed by atoms with van der Waals surface area (Å²) in [5, 5.41) is 12.3. The van der Waals surface area contributed by atoms with Crippen LogP contribution in [-0.4, -0.2) is 30.3 Å². The lowest BCUT2D eigenvalue weighted by Gasteiger charge is -2.27. The van der Waals surface area contributed by atoms with Crippen molar-refractivity contribution in [3.05, 3.63) is 42.1 Å². The molecule has 0 unspecified atom stereocenters. The first kappa shape index (κ1) is 15.3. The van der Waals surface area contributed by atoms with Gasteiger partial charge >= 0.3 is 0 Å². The third-order valence-electron chi connectivity index (χ3n) is 3.84. The van der Waals surface area contributed by atoms with Crippen molar-refractivity contribution in [1.82, 2.24) is 10.3 Å². The predicted octanol–water partition coefficient (Wildman–Crippen LogP) is 2.28. The number of nitrogens with zero attached hydrogens (tertiary/aromatic N) is 2. The van der Waals surface area contributed by atoms with E-state index in [2.05, 4.69) is 16.4 Å². The fourth-order valence-electron chi connectivity index (χ4n) is 2.62. The highest BCUT2D eigenvalue weighted by Crippen LogP contribution is 2.28. The summed E-state index contributed by atoms with van der Waals surface area (Å²) in [7, 11) is 0. The lowest BCUT2D eigenvalue weighted by Crippen LogP contribution is -2.44. The molecule has 0 spiro atoms. The maximum absolute atomic E-state index is 13.9. The Morgan fingerprint density at radius 2 is 2.13 bits per heavy atom. The van der Waals surface area contributed by atoms with Crippen molar-refractivity contribution in [1.29, 1.82) is 5.26 Å². The number of hydrogen-bond donors (Lipinski definition) is 2. The smallest absolute Gasteiger partial charge is 0.149 e.